The van der Waals surface area contributed by atoms with Gasteiger partial charge in [0.05, 0.1) is 11.0 Å². The first-order valence-corrected chi connectivity index (χ1v) is 14.5. The lowest BCUT2D eigenvalue weighted by Gasteiger charge is -2.11. The lowest BCUT2D eigenvalue weighted by Crippen LogP contribution is -1.89. The van der Waals surface area contributed by atoms with E-state index in [0.717, 1.165) is 60.4 Å². The van der Waals surface area contributed by atoms with Gasteiger partial charge >= 0.3 is 0 Å². The Bertz CT molecular complexity index is 2470. The van der Waals surface area contributed by atoms with Gasteiger partial charge in [0, 0.05) is 39.5 Å². The SMILES string of the molecule is c1cc(-c2ccc(-c3ccc4c5ccccc5c5nccnc5c4c3)cc2)cc(-c2cccc3c2oc2ccccc23)c1. The van der Waals surface area contributed by atoms with Crippen LogP contribution in [-0.4, -0.2) is 9.97 Å². The standard InChI is InChI=1S/C40H24N2O/c1-2-11-34-31(9-1)32-20-19-28(24-36(32)39-38(34)41-21-22-42-39)26-17-15-25(16-18-26)27-7-5-8-29(23-27)30-12-6-13-35-33-10-3-4-14-37(33)43-40(30)35/h1-24H. The van der Waals surface area contributed by atoms with Crippen molar-refractivity contribution in [3.8, 4) is 33.4 Å². The molecule has 0 aliphatic rings. The van der Waals surface area contributed by atoms with Crippen molar-refractivity contribution in [1.82, 2.24) is 9.97 Å². The van der Waals surface area contributed by atoms with Crippen LogP contribution in [0.1, 0.15) is 0 Å². The van der Waals surface area contributed by atoms with E-state index in [0.29, 0.717) is 0 Å². The summed E-state index contributed by atoms with van der Waals surface area (Å²) in [6.07, 6.45) is 3.55. The minimum Gasteiger partial charge on any atom is -0.455 e. The number of benzene rings is 7. The molecule has 0 spiro atoms. The molecular weight excluding hydrogens is 524 g/mol. The Morgan fingerprint density at radius 2 is 0.953 bits per heavy atom. The van der Waals surface area contributed by atoms with Crippen molar-refractivity contribution >= 4 is 54.5 Å². The van der Waals surface area contributed by atoms with Gasteiger partial charge in [-0.3, -0.25) is 9.97 Å². The Hall–Kier alpha value is -5.80. The fourth-order valence-corrected chi connectivity index (χ4v) is 6.51. The average molecular weight is 549 g/mol. The second-order valence-electron chi connectivity index (χ2n) is 11.0. The van der Waals surface area contributed by atoms with Gasteiger partial charge in [-0.15, -0.1) is 0 Å². The summed E-state index contributed by atoms with van der Waals surface area (Å²) in [5.41, 5.74) is 10.6. The highest BCUT2D eigenvalue weighted by molar-refractivity contribution is 6.23. The number of para-hydroxylation sites is 2. The molecule has 0 aliphatic heterocycles. The summed E-state index contributed by atoms with van der Waals surface area (Å²) in [5.74, 6) is 0. The van der Waals surface area contributed by atoms with Crippen molar-refractivity contribution in [2.45, 2.75) is 0 Å². The molecule has 0 N–H and O–H groups in total. The van der Waals surface area contributed by atoms with E-state index in [1.807, 2.05) is 12.1 Å². The number of nitrogens with zero attached hydrogens (tertiary/aromatic N) is 2. The van der Waals surface area contributed by atoms with Gasteiger partial charge in [-0.1, -0.05) is 115 Å². The number of aromatic nitrogens is 2. The molecule has 200 valence electrons. The molecule has 3 heteroatoms. The average Bonchev–Trinajstić information content (AvgIpc) is 3.47. The lowest BCUT2D eigenvalue weighted by atomic mass is 9.94. The van der Waals surface area contributed by atoms with E-state index in [1.54, 1.807) is 12.4 Å². The van der Waals surface area contributed by atoms with E-state index in [-0.39, 0.29) is 0 Å². The molecular formula is C40H24N2O. The molecule has 0 radical (unpaired) electrons. The first-order chi connectivity index (χ1) is 21.3. The zero-order valence-electron chi connectivity index (χ0n) is 23.2. The van der Waals surface area contributed by atoms with Crippen molar-refractivity contribution in [2.24, 2.45) is 0 Å². The number of fused-ring (bicyclic) bond motifs is 9. The van der Waals surface area contributed by atoms with Crippen LogP contribution in [0.2, 0.25) is 0 Å². The van der Waals surface area contributed by atoms with Crippen LogP contribution in [0.4, 0.5) is 0 Å². The highest BCUT2D eigenvalue weighted by Crippen LogP contribution is 2.38. The molecule has 0 saturated carbocycles. The van der Waals surface area contributed by atoms with E-state index in [9.17, 15) is 0 Å². The normalized spacial score (nSPS) is 11.7. The molecule has 9 rings (SSSR count). The van der Waals surface area contributed by atoms with Gasteiger partial charge in [-0.05, 0) is 56.8 Å². The maximum Gasteiger partial charge on any atom is 0.143 e. The maximum atomic E-state index is 6.32. The van der Waals surface area contributed by atoms with E-state index >= 15 is 0 Å². The predicted molar refractivity (Wildman–Crippen MR) is 178 cm³/mol. The van der Waals surface area contributed by atoms with Crippen LogP contribution in [-0.2, 0) is 0 Å². The summed E-state index contributed by atoms with van der Waals surface area (Å²) in [6, 6.07) is 47.3. The van der Waals surface area contributed by atoms with Gasteiger partial charge < -0.3 is 4.42 Å². The minimum atomic E-state index is 0.915. The molecule has 0 saturated heterocycles. The Morgan fingerprint density at radius 3 is 1.77 bits per heavy atom. The summed E-state index contributed by atoms with van der Waals surface area (Å²) in [6.45, 7) is 0. The first kappa shape index (κ1) is 23.9. The van der Waals surface area contributed by atoms with Crippen LogP contribution < -0.4 is 0 Å². The predicted octanol–water partition coefficient (Wildman–Crippen LogP) is 10.8. The third kappa shape index (κ3) is 3.75. The van der Waals surface area contributed by atoms with E-state index in [4.69, 9.17) is 14.4 Å². The summed E-state index contributed by atoms with van der Waals surface area (Å²) in [7, 11) is 0. The molecule has 0 unspecified atom stereocenters. The van der Waals surface area contributed by atoms with E-state index in [1.165, 1.54) is 27.5 Å². The third-order valence-electron chi connectivity index (χ3n) is 8.57. The Balaban J connectivity index is 1.11. The lowest BCUT2D eigenvalue weighted by molar-refractivity contribution is 0.670. The Kier molecular flexibility index (Phi) is 5.20. The minimum absolute atomic E-state index is 0.915. The highest BCUT2D eigenvalue weighted by atomic mass is 16.3. The number of furan rings is 1. The Labute approximate surface area is 247 Å². The quantitative estimate of drug-likeness (QED) is 0.206. The third-order valence-corrected chi connectivity index (χ3v) is 8.57. The topological polar surface area (TPSA) is 38.9 Å². The van der Waals surface area contributed by atoms with Crippen LogP contribution in [0.15, 0.2) is 150 Å². The second kappa shape index (κ2) is 9.37. The molecule has 3 nitrogen and oxygen atoms in total. The zero-order chi connectivity index (χ0) is 28.3. The molecule has 0 fully saturated rings. The van der Waals surface area contributed by atoms with E-state index < -0.39 is 0 Å². The van der Waals surface area contributed by atoms with Gasteiger partial charge in [0.2, 0.25) is 0 Å². The molecule has 2 aromatic heterocycles. The fourth-order valence-electron chi connectivity index (χ4n) is 6.51. The van der Waals surface area contributed by atoms with Crippen LogP contribution in [0.3, 0.4) is 0 Å². The van der Waals surface area contributed by atoms with Crippen LogP contribution in [0, 0.1) is 0 Å². The first-order valence-electron chi connectivity index (χ1n) is 14.5. The van der Waals surface area contributed by atoms with Gasteiger partial charge in [0.15, 0.2) is 0 Å². The van der Waals surface area contributed by atoms with Crippen molar-refractivity contribution in [2.75, 3.05) is 0 Å². The smallest absolute Gasteiger partial charge is 0.143 e. The summed E-state index contributed by atoms with van der Waals surface area (Å²) in [4.78, 5) is 9.44. The van der Waals surface area contributed by atoms with Gasteiger partial charge in [0.25, 0.3) is 0 Å². The molecule has 7 aromatic carbocycles. The van der Waals surface area contributed by atoms with Crippen LogP contribution >= 0.6 is 0 Å². The molecule has 0 atom stereocenters. The van der Waals surface area contributed by atoms with Crippen molar-refractivity contribution < 1.29 is 4.42 Å². The number of hydrogen-bond donors (Lipinski definition) is 0. The number of hydrogen-bond acceptors (Lipinski definition) is 3. The summed E-state index contributed by atoms with van der Waals surface area (Å²) in [5, 5.41) is 6.94. The molecule has 2 heterocycles. The van der Waals surface area contributed by atoms with Gasteiger partial charge in [0.1, 0.15) is 11.2 Å². The highest BCUT2D eigenvalue weighted by Gasteiger charge is 2.14. The molecule has 0 bridgehead atoms. The maximum absolute atomic E-state index is 6.32. The Morgan fingerprint density at radius 1 is 0.372 bits per heavy atom. The second-order valence-corrected chi connectivity index (χ2v) is 11.0. The molecule has 9 aromatic rings. The van der Waals surface area contributed by atoms with Crippen molar-refractivity contribution in [3.63, 3.8) is 0 Å². The molecule has 0 aliphatic carbocycles. The largest absolute Gasteiger partial charge is 0.455 e. The molecule has 43 heavy (non-hydrogen) atoms. The van der Waals surface area contributed by atoms with Crippen LogP contribution in [0.5, 0.6) is 0 Å². The summed E-state index contributed by atoms with van der Waals surface area (Å²) < 4.78 is 6.32. The number of rotatable bonds is 3. The van der Waals surface area contributed by atoms with Crippen molar-refractivity contribution in [3.05, 3.63) is 146 Å². The van der Waals surface area contributed by atoms with Gasteiger partial charge in [-0.2, -0.15) is 0 Å². The fraction of sp³-hybridized carbons (Fsp3) is 0. The molecule has 0 amide bonds. The van der Waals surface area contributed by atoms with E-state index in [2.05, 4.69) is 121 Å². The van der Waals surface area contributed by atoms with Gasteiger partial charge in [-0.25, -0.2) is 0 Å². The van der Waals surface area contributed by atoms with Crippen LogP contribution in [0.25, 0.3) is 87.9 Å². The monoisotopic (exact) mass is 548 g/mol. The van der Waals surface area contributed by atoms with Crippen molar-refractivity contribution in [1.29, 1.82) is 0 Å². The summed E-state index contributed by atoms with van der Waals surface area (Å²) >= 11 is 0. The zero-order valence-corrected chi connectivity index (χ0v) is 23.2.